The van der Waals surface area contributed by atoms with E-state index in [1.807, 2.05) is 19.4 Å². The van der Waals surface area contributed by atoms with Crippen LogP contribution in [0.4, 0.5) is 11.4 Å². The average molecular weight is 244 g/mol. The van der Waals surface area contributed by atoms with Crippen LogP contribution in [0.25, 0.3) is 11.1 Å². The van der Waals surface area contributed by atoms with E-state index >= 15 is 0 Å². The highest BCUT2D eigenvalue weighted by Gasteiger charge is 2.02. The summed E-state index contributed by atoms with van der Waals surface area (Å²) in [5, 5.41) is 3.11. The lowest BCUT2D eigenvalue weighted by molar-refractivity contribution is 1.45. The van der Waals surface area contributed by atoms with Crippen LogP contribution in [0.3, 0.4) is 0 Å². The molecule has 0 heterocycles. The minimum Gasteiger partial charge on any atom is -0.398 e. The smallest absolute Gasteiger partial charge is 0.0452 e. The van der Waals surface area contributed by atoms with E-state index in [1.165, 1.54) is 11.1 Å². The molecular formula is C14H16N2S. The predicted octanol–water partition coefficient (Wildman–Crippen LogP) is 3.70. The van der Waals surface area contributed by atoms with Gasteiger partial charge >= 0.3 is 0 Å². The Bertz CT molecular complexity index is 506. The first kappa shape index (κ1) is 11.9. The summed E-state index contributed by atoms with van der Waals surface area (Å²) in [7, 11) is 1.92. The number of hydrogen-bond donors (Lipinski definition) is 2. The van der Waals surface area contributed by atoms with Crippen LogP contribution in [0.15, 0.2) is 47.4 Å². The van der Waals surface area contributed by atoms with Gasteiger partial charge in [-0.2, -0.15) is 0 Å². The molecule has 2 rings (SSSR count). The summed E-state index contributed by atoms with van der Waals surface area (Å²) in [6, 6.07) is 14.5. The molecule has 0 aromatic heterocycles. The van der Waals surface area contributed by atoms with Crippen molar-refractivity contribution in [2.24, 2.45) is 0 Å². The topological polar surface area (TPSA) is 38.0 Å². The Morgan fingerprint density at radius 2 is 1.65 bits per heavy atom. The molecule has 2 aromatic carbocycles. The Labute approximate surface area is 106 Å². The molecule has 88 valence electrons. The zero-order valence-corrected chi connectivity index (χ0v) is 10.8. The third kappa shape index (κ3) is 2.56. The third-order valence-electron chi connectivity index (χ3n) is 2.74. The zero-order chi connectivity index (χ0) is 12.3. The summed E-state index contributed by atoms with van der Waals surface area (Å²) in [6.07, 6.45) is 2.04. The molecule has 2 nitrogen and oxygen atoms in total. The van der Waals surface area contributed by atoms with E-state index in [0.29, 0.717) is 0 Å². The van der Waals surface area contributed by atoms with Crippen LogP contribution >= 0.6 is 11.8 Å². The van der Waals surface area contributed by atoms with E-state index in [4.69, 9.17) is 5.73 Å². The Balaban J connectivity index is 2.38. The summed E-state index contributed by atoms with van der Waals surface area (Å²) >= 11 is 1.67. The maximum absolute atomic E-state index is 5.89. The minimum atomic E-state index is 0.841. The van der Waals surface area contributed by atoms with Crippen molar-refractivity contribution in [1.29, 1.82) is 0 Å². The Morgan fingerprint density at radius 3 is 2.24 bits per heavy atom. The first-order valence-corrected chi connectivity index (χ1v) is 6.69. The molecule has 0 bridgehead atoms. The summed E-state index contributed by atoms with van der Waals surface area (Å²) in [6.45, 7) is 0. The van der Waals surface area contributed by atoms with Crippen LogP contribution in [0.1, 0.15) is 0 Å². The van der Waals surface area contributed by atoms with E-state index in [2.05, 4.69) is 41.7 Å². The Morgan fingerprint density at radius 1 is 1.00 bits per heavy atom. The third-order valence-corrected chi connectivity index (χ3v) is 3.53. The van der Waals surface area contributed by atoms with E-state index in [1.54, 1.807) is 11.8 Å². The number of anilines is 2. The van der Waals surface area contributed by atoms with Crippen molar-refractivity contribution in [2.45, 2.75) is 4.90 Å². The van der Waals surface area contributed by atoms with Gasteiger partial charge in [0.25, 0.3) is 0 Å². The van der Waals surface area contributed by atoms with Gasteiger partial charge in [0.1, 0.15) is 0 Å². The van der Waals surface area contributed by atoms with Gasteiger partial charge in [-0.05, 0) is 41.6 Å². The van der Waals surface area contributed by atoms with E-state index in [9.17, 15) is 0 Å². The van der Waals surface area contributed by atoms with Gasteiger partial charge < -0.3 is 11.1 Å². The number of nitrogen functional groups attached to an aromatic ring is 1. The lowest BCUT2D eigenvalue weighted by Crippen LogP contribution is -1.89. The fourth-order valence-electron chi connectivity index (χ4n) is 1.72. The van der Waals surface area contributed by atoms with Crippen LogP contribution < -0.4 is 11.1 Å². The molecule has 0 fully saturated rings. The van der Waals surface area contributed by atoms with Gasteiger partial charge in [-0.25, -0.2) is 0 Å². The van der Waals surface area contributed by atoms with E-state index in [-0.39, 0.29) is 0 Å². The van der Waals surface area contributed by atoms with Crippen LogP contribution in [-0.4, -0.2) is 13.3 Å². The molecule has 2 aromatic rings. The van der Waals surface area contributed by atoms with Crippen LogP contribution in [0, 0.1) is 0 Å². The molecule has 0 radical (unpaired) electrons. The molecule has 3 heteroatoms. The van der Waals surface area contributed by atoms with Gasteiger partial charge in [-0.1, -0.05) is 18.2 Å². The molecular weight excluding hydrogens is 228 g/mol. The van der Waals surface area contributed by atoms with Gasteiger partial charge in [0.05, 0.1) is 0 Å². The zero-order valence-electron chi connectivity index (χ0n) is 10.0. The molecule has 3 N–H and O–H groups in total. The van der Waals surface area contributed by atoms with Crippen molar-refractivity contribution >= 4 is 23.1 Å². The molecule has 0 unspecified atom stereocenters. The van der Waals surface area contributed by atoms with Crippen LogP contribution in [-0.2, 0) is 0 Å². The predicted molar refractivity (Wildman–Crippen MR) is 77.6 cm³/mol. The number of rotatable bonds is 3. The lowest BCUT2D eigenvalue weighted by Gasteiger charge is -2.07. The number of thioether (sulfide) groups is 1. The lowest BCUT2D eigenvalue weighted by atomic mass is 10.1. The fraction of sp³-hybridized carbons (Fsp3) is 0.143. The highest BCUT2D eigenvalue weighted by atomic mass is 32.2. The average Bonchev–Trinajstić information content (AvgIpc) is 2.39. The second-order valence-corrected chi connectivity index (χ2v) is 4.63. The largest absolute Gasteiger partial charge is 0.398 e. The molecule has 0 spiro atoms. The monoisotopic (exact) mass is 244 g/mol. The van der Waals surface area contributed by atoms with Crippen molar-refractivity contribution in [3.05, 3.63) is 42.5 Å². The molecule has 0 amide bonds. The second-order valence-electron chi connectivity index (χ2n) is 3.78. The quantitative estimate of drug-likeness (QED) is 0.638. The summed E-state index contributed by atoms with van der Waals surface area (Å²) < 4.78 is 0. The van der Waals surface area contributed by atoms with Crippen molar-refractivity contribution < 1.29 is 0 Å². The molecule has 0 aliphatic heterocycles. The molecule has 0 saturated carbocycles. The fourth-order valence-corrected chi connectivity index (χ4v) is 2.27. The highest BCUT2D eigenvalue weighted by molar-refractivity contribution is 7.98. The van der Waals surface area contributed by atoms with Crippen molar-refractivity contribution in [3.63, 3.8) is 0 Å². The number of hydrogen-bond acceptors (Lipinski definition) is 3. The van der Waals surface area contributed by atoms with Crippen molar-refractivity contribution in [2.75, 3.05) is 24.4 Å². The Kier molecular flexibility index (Phi) is 3.59. The van der Waals surface area contributed by atoms with Gasteiger partial charge in [-0.3, -0.25) is 0 Å². The first-order chi connectivity index (χ1) is 8.24. The Hall–Kier alpha value is -1.61. The molecule has 0 saturated heterocycles. The standard InChI is InChI=1S/C14H16N2S/c1-16-12-6-3-10(4-7-12)11-5-8-13(15)14(9-11)17-2/h3-9,16H,15H2,1-2H3. The summed E-state index contributed by atoms with van der Waals surface area (Å²) in [4.78, 5) is 1.13. The van der Waals surface area contributed by atoms with E-state index < -0.39 is 0 Å². The van der Waals surface area contributed by atoms with E-state index in [0.717, 1.165) is 16.3 Å². The van der Waals surface area contributed by atoms with Gasteiger partial charge in [0.2, 0.25) is 0 Å². The van der Waals surface area contributed by atoms with Crippen LogP contribution in [0.2, 0.25) is 0 Å². The summed E-state index contributed by atoms with van der Waals surface area (Å²) in [5.41, 5.74) is 10.3. The molecule has 0 aliphatic carbocycles. The maximum atomic E-state index is 5.89. The number of nitrogens with two attached hydrogens (primary N) is 1. The minimum absolute atomic E-state index is 0.841. The normalized spacial score (nSPS) is 10.2. The highest BCUT2D eigenvalue weighted by Crippen LogP contribution is 2.29. The summed E-state index contributed by atoms with van der Waals surface area (Å²) in [5.74, 6) is 0. The SMILES string of the molecule is CNc1ccc(-c2ccc(N)c(SC)c2)cc1. The molecule has 0 aliphatic rings. The van der Waals surface area contributed by atoms with Gasteiger partial charge in [0.15, 0.2) is 0 Å². The first-order valence-electron chi connectivity index (χ1n) is 5.46. The number of benzene rings is 2. The van der Waals surface area contributed by atoms with Crippen molar-refractivity contribution in [3.8, 4) is 11.1 Å². The second kappa shape index (κ2) is 5.15. The molecule has 17 heavy (non-hydrogen) atoms. The van der Waals surface area contributed by atoms with Gasteiger partial charge in [0, 0.05) is 23.3 Å². The molecule has 0 atom stereocenters. The maximum Gasteiger partial charge on any atom is 0.0452 e. The number of nitrogens with one attached hydrogen (secondary N) is 1. The van der Waals surface area contributed by atoms with Gasteiger partial charge in [-0.15, -0.1) is 11.8 Å². The van der Waals surface area contributed by atoms with Crippen LogP contribution in [0.5, 0.6) is 0 Å². The van der Waals surface area contributed by atoms with Crippen molar-refractivity contribution in [1.82, 2.24) is 0 Å².